The van der Waals surface area contributed by atoms with E-state index in [0.29, 0.717) is 17.8 Å². The van der Waals surface area contributed by atoms with Crippen LogP contribution in [-0.4, -0.2) is 46.8 Å². The van der Waals surface area contributed by atoms with Crippen molar-refractivity contribution in [2.75, 3.05) is 25.0 Å². The second-order valence-electron chi connectivity index (χ2n) is 4.83. The van der Waals surface area contributed by atoms with E-state index < -0.39 is 5.97 Å². The molecule has 0 aliphatic heterocycles. The van der Waals surface area contributed by atoms with Crippen molar-refractivity contribution in [3.05, 3.63) is 29.3 Å². The summed E-state index contributed by atoms with van der Waals surface area (Å²) in [6, 6.07) is 4.36. The number of amides is 2. The number of unbranched alkanes of at least 4 members (excludes halogenated alkanes) is 1. The van der Waals surface area contributed by atoms with Crippen LogP contribution >= 0.6 is 0 Å². The molecule has 6 heteroatoms. The van der Waals surface area contributed by atoms with Crippen LogP contribution in [0.15, 0.2) is 18.2 Å². The van der Waals surface area contributed by atoms with Crippen LogP contribution in [0, 0.1) is 6.92 Å². The van der Waals surface area contributed by atoms with E-state index in [9.17, 15) is 9.59 Å². The number of urea groups is 1. The van der Waals surface area contributed by atoms with Crippen LogP contribution in [-0.2, 0) is 0 Å². The molecular formula is C15H22N2O4. The second kappa shape index (κ2) is 8.26. The van der Waals surface area contributed by atoms with Gasteiger partial charge in [0.05, 0.1) is 12.2 Å². The highest BCUT2D eigenvalue weighted by Crippen LogP contribution is 2.16. The lowest BCUT2D eigenvalue weighted by Gasteiger charge is -2.22. The molecule has 0 aromatic heterocycles. The van der Waals surface area contributed by atoms with Gasteiger partial charge in [0.15, 0.2) is 0 Å². The summed E-state index contributed by atoms with van der Waals surface area (Å²) in [5.74, 6) is -0.991. The maximum Gasteiger partial charge on any atom is 0.335 e. The Morgan fingerprint density at radius 2 is 2.00 bits per heavy atom. The first-order chi connectivity index (χ1) is 9.99. The summed E-state index contributed by atoms with van der Waals surface area (Å²) in [6.07, 6.45) is 1.83. The van der Waals surface area contributed by atoms with Gasteiger partial charge in [-0.1, -0.05) is 13.3 Å². The van der Waals surface area contributed by atoms with Gasteiger partial charge in [-0.25, -0.2) is 9.59 Å². The Hall–Kier alpha value is -2.08. The number of anilines is 1. The fourth-order valence-electron chi connectivity index (χ4n) is 1.97. The van der Waals surface area contributed by atoms with Crippen LogP contribution in [0.1, 0.15) is 35.7 Å². The fraction of sp³-hybridized carbons (Fsp3) is 0.467. The van der Waals surface area contributed by atoms with E-state index in [4.69, 9.17) is 10.2 Å². The molecular weight excluding hydrogens is 272 g/mol. The molecule has 0 atom stereocenters. The highest BCUT2D eigenvalue weighted by Gasteiger charge is 2.13. The van der Waals surface area contributed by atoms with Crippen molar-refractivity contribution in [3.8, 4) is 0 Å². The first kappa shape index (κ1) is 17.0. The van der Waals surface area contributed by atoms with Crippen molar-refractivity contribution in [3.63, 3.8) is 0 Å². The predicted octanol–water partition coefficient (Wildman–Crippen LogP) is 2.32. The van der Waals surface area contributed by atoms with E-state index in [2.05, 4.69) is 5.32 Å². The number of aromatic carboxylic acids is 1. The molecule has 0 spiro atoms. The van der Waals surface area contributed by atoms with Gasteiger partial charge in [-0.3, -0.25) is 0 Å². The van der Waals surface area contributed by atoms with Crippen LogP contribution < -0.4 is 5.32 Å². The molecule has 1 rings (SSSR count). The minimum absolute atomic E-state index is 0.0892. The molecule has 0 saturated carbocycles. The van der Waals surface area contributed by atoms with Gasteiger partial charge in [-0.2, -0.15) is 0 Å². The fourth-order valence-corrected chi connectivity index (χ4v) is 1.97. The molecule has 3 N–H and O–H groups in total. The van der Waals surface area contributed by atoms with Gasteiger partial charge < -0.3 is 20.4 Å². The first-order valence-electron chi connectivity index (χ1n) is 7.00. The lowest BCUT2D eigenvalue weighted by molar-refractivity contribution is 0.0696. The van der Waals surface area contributed by atoms with Crippen LogP contribution in [0.25, 0.3) is 0 Å². The number of carbonyl (C=O) groups excluding carboxylic acids is 1. The normalized spacial score (nSPS) is 10.2. The molecule has 116 valence electrons. The standard InChI is InChI=1S/C15H22N2O4/c1-3-4-7-17(8-9-18)15(21)16-12-5-6-13(14(19)20)11(2)10-12/h5-6,10,18H,3-4,7-9H2,1-2H3,(H,16,21)(H,19,20). The van der Waals surface area contributed by atoms with Crippen molar-refractivity contribution in [2.45, 2.75) is 26.7 Å². The van der Waals surface area contributed by atoms with Crippen LogP contribution in [0.4, 0.5) is 10.5 Å². The van der Waals surface area contributed by atoms with Crippen molar-refractivity contribution in [1.82, 2.24) is 4.90 Å². The van der Waals surface area contributed by atoms with Gasteiger partial charge in [0.1, 0.15) is 0 Å². The Morgan fingerprint density at radius 1 is 1.29 bits per heavy atom. The number of hydrogen-bond acceptors (Lipinski definition) is 3. The van der Waals surface area contributed by atoms with Gasteiger partial charge in [-0.05, 0) is 37.1 Å². The third kappa shape index (κ3) is 5.07. The molecule has 0 saturated heterocycles. The SMILES string of the molecule is CCCCN(CCO)C(=O)Nc1ccc(C(=O)O)c(C)c1. The minimum Gasteiger partial charge on any atom is -0.478 e. The van der Waals surface area contributed by atoms with Crippen LogP contribution in [0.2, 0.25) is 0 Å². The maximum atomic E-state index is 12.1. The molecule has 0 bridgehead atoms. The number of benzene rings is 1. The van der Waals surface area contributed by atoms with E-state index in [-0.39, 0.29) is 24.7 Å². The summed E-state index contributed by atoms with van der Waals surface area (Å²) < 4.78 is 0. The molecule has 0 aliphatic carbocycles. The maximum absolute atomic E-state index is 12.1. The van der Waals surface area contributed by atoms with Gasteiger partial charge in [0, 0.05) is 18.8 Å². The molecule has 0 unspecified atom stereocenters. The van der Waals surface area contributed by atoms with Crippen molar-refractivity contribution in [1.29, 1.82) is 0 Å². The molecule has 21 heavy (non-hydrogen) atoms. The largest absolute Gasteiger partial charge is 0.478 e. The summed E-state index contributed by atoms with van der Waals surface area (Å²) in [5.41, 5.74) is 1.34. The third-order valence-electron chi connectivity index (χ3n) is 3.15. The molecule has 0 fully saturated rings. The summed E-state index contributed by atoms with van der Waals surface area (Å²) in [7, 11) is 0. The van der Waals surface area contributed by atoms with Gasteiger partial charge in [0.2, 0.25) is 0 Å². The molecule has 0 aliphatic rings. The lowest BCUT2D eigenvalue weighted by atomic mass is 10.1. The number of nitrogens with zero attached hydrogens (tertiary/aromatic N) is 1. The van der Waals surface area contributed by atoms with Crippen molar-refractivity contribution >= 4 is 17.7 Å². The summed E-state index contributed by atoms with van der Waals surface area (Å²) in [5, 5.41) is 20.7. The zero-order valence-corrected chi connectivity index (χ0v) is 12.4. The Kier molecular flexibility index (Phi) is 6.68. The molecule has 2 amide bonds. The summed E-state index contributed by atoms with van der Waals surface area (Å²) >= 11 is 0. The van der Waals surface area contributed by atoms with Crippen LogP contribution in [0.3, 0.4) is 0 Å². The number of nitrogens with one attached hydrogen (secondary N) is 1. The van der Waals surface area contributed by atoms with Gasteiger partial charge >= 0.3 is 12.0 Å². The Balaban J connectivity index is 2.76. The molecule has 0 radical (unpaired) electrons. The summed E-state index contributed by atoms with van der Waals surface area (Å²) in [4.78, 5) is 24.6. The Morgan fingerprint density at radius 3 is 2.52 bits per heavy atom. The molecule has 1 aromatic carbocycles. The van der Waals surface area contributed by atoms with E-state index >= 15 is 0 Å². The monoisotopic (exact) mass is 294 g/mol. The molecule has 0 heterocycles. The van der Waals surface area contributed by atoms with Crippen molar-refractivity contribution < 1.29 is 19.8 Å². The number of carboxylic acid groups (broad SMARTS) is 1. The highest BCUT2D eigenvalue weighted by atomic mass is 16.4. The number of aliphatic hydroxyl groups is 1. The Bertz CT molecular complexity index is 502. The average Bonchev–Trinajstić information content (AvgIpc) is 2.43. The van der Waals surface area contributed by atoms with E-state index in [1.807, 2.05) is 6.92 Å². The smallest absolute Gasteiger partial charge is 0.335 e. The quantitative estimate of drug-likeness (QED) is 0.720. The zero-order valence-electron chi connectivity index (χ0n) is 12.4. The zero-order chi connectivity index (χ0) is 15.8. The lowest BCUT2D eigenvalue weighted by Crippen LogP contribution is -2.37. The minimum atomic E-state index is -0.991. The molecule has 6 nitrogen and oxygen atoms in total. The highest BCUT2D eigenvalue weighted by molar-refractivity contribution is 5.92. The van der Waals surface area contributed by atoms with E-state index in [1.54, 1.807) is 24.0 Å². The first-order valence-corrected chi connectivity index (χ1v) is 7.00. The third-order valence-corrected chi connectivity index (χ3v) is 3.15. The Labute approximate surface area is 124 Å². The number of rotatable bonds is 7. The predicted molar refractivity (Wildman–Crippen MR) is 80.7 cm³/mol. The number of hydrogen-bond donors (Lipinski definition) is 3. The number of aliphatic hydroxyl groups excluding tert-OH is 1. The van der Waals surface area contributed by atoms with Crippen LogP contribution in [0.5, 0.6) is 0 Å². The molecule has 1 aromatic rings. The number of carboxylic acids is 1. The van der Waals surface area contributed by atoms with E-state index in [1.165, 1.54) is 6.07 Å². The topological polar surface area (TPSA) is 89.9 Å². The number of carbonyl (C=O) groups is 2. The second-order valence-corrected chi connectivity index (χ2v) is 4.83. The van der Waals surface area contributed by atoms with E-state index in [0.717, 1.165) is 12.8 Å². The number of aryl methyl sites for hydroxylation is 1. The average molecular weight is 294 g/mol. The summed E-state index contributed by atoms with van der Waals surface area (Å²) in [6.45, 7) is 4.48. The van der Waals surface area contributed by atoms with Gasteiger partial charge in [-0.15, -0.1) is 0 Å². The van der Waals surface area contributed by atoms with Gasteiger partial charge in [0.25, 0.3) is 0 Å². The van der Waals surface area contributed by atoms with Crippen molar-refractivity contribution in [2.24, 2.45) is 0 Å².